The molecule has 2 N–H and O–H groups in total. The van der Waals surface area contributed by atoms with Crippen LogP contribution in [-0.2, 0) is 17.8 Å². The van der Waals surface area contributed by atoms with Crippen LogP contribution in [0.25, 0.3) is 0 Å². The van der Waals surface area contributed by atoms with Crippen LogP contribution in [0, 0.1) is 0 Å². The largest absolute Gasteiger partial charge is 0.352 e. The predicted molar refractivity (Wildman–Crippen MR) is 103 cm³/mol. The van der Waals surface area contributed by atoms with Crippen LogP contribution in [0.5, 0.6) is 0 Å². The highest BCUT2D eigenvalue weighted by atomic mass is 35.5. The lowest BCUT2D eigenvalue weighted by Gasteiger charge is -2.35. The van der Waals surface area contributed by atoms with Crippen molar-refractivity contribution < 1.29 is 4.79 Å². The minimum absolute atomic E-state index is 0. The van der Waals surface area contributed by atoms with Crippen molar-refractivity contribution in [3.05, 3.63) is 35.4 Å². The zero-order valence-corrected chi connectivity index (χ0v) is 16.1. The van der Waals surface area contributed by atoms with E-state index in [-0.39, 0.29) is 36.8 Å². The van der Waals surface area contributed by atoms with Gasteiger partial charge in [0.25, 0.3) is 0 Å². The van der Waals surface area contributed by atoms with Gasteiger partial charge in [-0.3, -0.25) is 9.69 Å². The smallest absolute Gasteiger partial charge is 0.237 e. The molecular weight excluding hydrogens is 345 g/mol. The highest BCUT2D eigenvalue weighted by molar-refractivity contribution is 5.85. The number of piperidine rings is 1. The van der Waals surface area contributed by atoms with E-state index in [1.165, 1.54) is 11.1 Å². The van der Waals surface area contributed by atoms with Gasteiger partial charge in [-0.1, -0.05) is 24.3 Å². The van der Waals surface area contributed by atoms with E-state index in [1.54, 1.807) is 0 Å². The Hall–Kier alpha value is -0.810. The Bertz CT molecular complexity index is 541. The monoisotopic (exact) mass is 373 g/mol. The number of fused-ring (bicyclic) bond motifs is 1. The lowest BCUT2D eigenvalue weighted by Crippen LogP contribution is -2.52. The van der Waals surface area contributed by atoms with Crippen molar-refractivity contribution in [3.8, 4) is 0 Å². The van der Waals surface area contributed by atoms with Crippen LogP contribution in [0.4, 0.5) is 0 Å². The van der Waals surface area contributed by atoms with Crippen molar-refractivity contribution in [2.45, 2.75) is 57.8 Å². The third kappa shape index (κ3) is 5.09. The summed E-state index contributed by atoms with van der Waals surface area (Å²) in [7, 11) is 0. The molecule has 1 amide bonds. The zero-order valence-electron chi connectivity index (χ0n) is 14.5. The Morgan fingerprint density at radius 2 is 2.00 bits per heavy atom. The molecule has 0 bridgehead atoms. The summed E-state index contributed by atoms with van der Waals surface area (Å²) >= 11 is 0. The van der Waals surface area contributed by atoms with E-state index in [1.807, 2.05) is 6.92 Å². The van der Waals surface area contributed by atoms with Gasteiger partial charge in [0, 0.05) is 25.2 Å². The Morgan fingerprint density at radius 3 is 2.71 bits per heavy atom. The van der Waals surface area contributed by atoms with Gasteiger partial charge in [0.2, 0.25) is 5.91 Å². The lowest BCUT2D eigenvalue weighted by atomic mass is 9.98. The van der Waals surface area contributed by atoms with Gasteiger partial charge < -0.3 is 10.6 Å². The average Bonchev–Trinajstić information content (AvgIpc) is 2.53. The number of rotatable bonds is 3. The van der Waals surface area contributed by atoms with Gasteiger partial charge >= 0.3 is 0 Å². The summed E-state index contributed by atoms with van der Waals surface area (Å²) in [5.41, 5.74) is 2.79. The molecule has 1 aromatic rings. The molecule has 2 aliphatic heterocycles. The second-order valence-corrected chi connectivity index (χ2v) is 6.75. The van der Waals surface area contributed by atoms with Crippen molar-refractivity contribution in [1.29, 1.82) is 0 Å². The number of carbonyl (C=O) groups is 1. The highest BCUT2D eigenvalue weighted by Crippen LogP contribution is 2.20. The number of hydrogen-bond acceptors (Lipinski definition) is 3. The van der Waals surface area contributed by atoms with E-state index in [0.717, 1.165) is 38.9 Å². The maximum absolute atomic E-state index is 12.6. The summed E-state index contributed by atoms with van der Waals surface area (Å²) in [6.07, 6.45) is 3.10. The Labute approximate surface area is 157 Å². The van der Waals surface area contributed by atoms with E-state index in [4.69, 9.17) is 0 Å². The number of nitrogens with zero attached hydrogens (tertiary/aromatic N) is 1. The molecule has 24 heavy (non-hydrogen) atoms. The topological polar surface area (TPSA) is 44.4 Å². The summed E-state index contributed by atoms with van der Waals surface area (Å²) in [6, 6.07) is 9.33. The molecule has 0 radical (unpaired) electrons. The molecule has 0 spiro atoms. The quantitative estimate of drug-likeness (QED) is 0.855. The Morgan fingerprint density at radius 1 is 1.29 bits per heavy atom. The number of hydrogen-bond donors (Lipinski definition) is 2. The summed E-state index contributed by atoms with van der Waals surface area (Å²) < 4.78 is 0. The molecule has 0 saturated carbocycles. The number of carbonyl (C=O) groups excluding carboxylic acids is 1. The van der Waals surface area contributed by atoms with E-state index in [2.05, 4.69) is 46.7 Å². The van der Waals surface area contributed by atoms with Crippen molar-refractivity contribution in [2.75, 3.05) is 13.1 Å². The van der Waals surface area contributed by atoms with Crippen molar-refractivity contribution in [3.63, 3.8) is 0 Å². The van der Waals surface area contributed by atoms with Gasteiger partial charge in [0.1, 0.15) is 0 Å². The van der Waals surface area contributed by atoms with Gasteiger partial charge in [0.15, 0.2) is 0 Å². The molecule has 3 rings (SSSR count). The zero-order chi connectivity index (χ0) is 15.5. The number of halogens is 2. The average molecular weight is 374 g/mol. The molecule has 6 heteroatoms. The first-order valence-electron chi connectivity index (χ1n) is 8.48. The first kappa shape index (κ1) is 21.2. The van der Waals surface area contributed by atoms with Crippen molar-refractivity contribution in [1.82, 2.24) is 15.5 Å². The Kier molecular flexibility index (Phi) is 8.51. The summed E-state index contributed by atoms with van der Waals surface area (Å²) in [5.74, 6) is 0.179. The molecule has 3 unspecified atom stereocenters. The molecule has 2 aliphatic rings. The van der Waals surface area contributed by atoms with E-state index >= 15 is 0 Å². The fourth-order valence-corrected chi connectivity index (χ4v) is 3.60. The first-order valence-corrected chi connectivity index (χ1v) is 8.48. The SMILES string of the molecule is CC1CC(NC(=O)C(C)N2CCc3ccccc3C2)CCN1.Cl.Cl. The number of amides is 1. The fourth-order valence-electron chi connectivity index (χ4n) is 3.60. The molecule has 2 heterocycles. The fraction of sp³-hybridized carbons (Fsp3) is 0.611. The van der Waals surface area contributed by atoms with Crippen LogP contribution >= 0.6 is 24.8 Å². The molecule has 1 saturated heterocycles. The molecule has 1 fully saturated rings. The van der Waals surface area contributed by atoms with Crippen LogP contribution in [0.2, 0.25) is 0 Å². The standard InChI is InChI=1S/C18H27N3O.2ClH/c1-13-11-17(7-9-19-13)20-18(22)14(2)21-10-8-15-5-3-4-6-16(15)12-21;;/h3-6,13-14,17,19H,7-12H2,1-2H3,(H,20,22);2*1H. The lowest BCUT2D eigenvalue weighted by molar-refractivity contribution is -0.127. The summed E-state index contributed by atoms with van der Waals surface area (Å²) in [6.45, 7) is 7.07. The number of nitrogens with one attached hydrogen (secondary N) is 2. The van der Waals surface area contributed by atoms with Gasteiger partial charge in [-0.15, -0.1) is 24.8 Å². The van der Waals surface area contributed by atoms with Crippen LogP contribution < -0.4 is 10.6 Å². The normalized spacial score (nSPS) is 24.8. The Balaban J connectivity index is 0.00000144. The van der Waals surface area contributed by atoms with E-state index < -0.39 is 0 Å². The molecule has 136 valence electrons. The maximum Gasteiger partial charge on any atom is 0.237 e. The van der Waals surface area contributed by atoms with Crippen molar-refractivity contribution in [2.24, 2.45) is 0 Å². The van der Waals surface area contributed by atoms with E-state index in [9.17, 15) is 4.79 Å². The van der Waals surface area contributed by atoms with Crippen LogP contribution in [0.1, 0.15) is 37.8 Å². The second kappa shape index (κ2) is 9.62. The molecule has 4 nitrogen and oxygen atoms in total. The number of benzene rings is 1. The van der Waals surface area contributed by atoms with Crippen LogP contribution in [-0.4, -0.2) is 42.0 Å². The highest BCUT2D eigenvalue weighted by Gasteiger charge is 2.27. The molecule has 3 atom stereocenters. The van der Waals surface area contributed by atoms with Crippen LogP contribution in [0.3, 0.4) is 0 Å². The molecule has 0 aliphatic carbocycles. The minimum atomic E-state index is -0.0569. The third-order valence-corrected chi connectivity index (χ3v) is 5.06. The van der Waals surface area contributed by atoms with Crippen molar-refractivity contribution >= 4 is 30.7 Å². The minimum Gasteiger partial charge on any atom is -0.352 e. The molecule has 0 aromatic heterocycles. The van der Waals surface area contributed by atoms with Crippen LogP contribution in [0.15, 0.2) is 24.3 Å². The maximum atomic E-state index is 12.6. The van der Waals surface area contributed by atoms with Gasteiger partial charge in [-0.25, -0.2) is 0 Å². The predicted octanol–water partition coefficient (Wildman–Crippen LogP) is 2.53. The molecule has 1 aromatic carbocycles. The molecular formula is C18H29Cl2N3O. The van der Waals surface area contributed by atoms with Gasteiger partial charge in [-0.05, 0) is 50.8 Å². The van der Waals surface area contributed by atoms with Gasteiger partial charge in [-0.2, -0.15) is 0 Å². The third-order valence-electron chi connectivity index (χ3n) is 5.06. The summed E-state index contributed by atoms with van der Waals surface area (Å²) in [4.78, 5) is 14.8. The summed E-state index contributed by atoms with van der Waals surface area (Å²) in [5, 5.41) is 6.68. The first-order chi connectivity index (χ1) is 10.6. The second-order valence-electron chi connectivity index (χ2n) is 6.75. The van der Waals surface area contributed by atoms with Gasteiger partial charge in [0.05, 0.1) is 6.04 Å². The van der Waals surface area contributed by atoms with E-state index in [0.29, 0.717) is 12.1 Å².